The molecular formula is C14H23N5O2. The summed E-state index contributed by atoms with van der Waals surface area (Å²) >= 11 is 0. The fraction of sp³-hybridized carbons (Fsp3) is 0.643. The van der Waals surface area contributed by atoms with E-state index in [0.717, 1.165) is 37.8 Å². The standard InChI is InChI=1S/C14H23N5O2/c1-3-5-7-20-8-9-21-13-11-10-16-19-12(11)17-14(18-13)15-6-4-2/h10H,3-9H2,1-2H3,(H2,15,16,17,18,19). The van der Waals surface area contributed by atoms with Crippen LogP contribution in [0.5, 0.6) is 5.88 Å². The predicted molar refractivity (Wildman–Crippen MR) is 81.7 cm³/mol. The number of nitrogens with one attached hydrogen (secondary N) is 2. The van der Waals surface area contributed by atoms with Gasteiger partial charge in [-0.1, -0.05) is 20.3 Å². The fourth-order valence-electron chi connectivity index (χ4n) is 1.78. The molecule has 7 nitrogen and oxygen atoms in total. The average molecular weight is 293 g/mol. The fourth-order valence-corrected chi connectivity index (χ4v) is 1.78. The number of H-pyrrole nitrogens is 1. The minimum atomic E-state index is 0.466. The SMILES string of the molecule is CCCCOCCOc1nc(NCCC)nc2[nH]ncc12. The molecule has 0 aliphatic carbocycles. The number of anilines is 1. The van der Waals surface area contributed by atoms with Crippen molar-refractivity contribution in [1.82, 2.24) is 20.2 Å². The molecule has 7 heteroatoms. The summed E-state index contributed by atoms with van der Waals surface area (Å²) in [4.78, 5) is 8.74. The van der Waals surface area contributed by atoms with Crippen molar-refractivity contribution < 1.29 is 9.47 Å². The van der Waals surface area contributed by atoms with Crippen LogP contribution < -0.4 is 10.1 Å². The van der Waals surface area contributed by atoms with Gasteiger partial charge < -0.3 is 14.8 Å². The van der Waals surface area contributed by atoms with Crippen molar-refractivity contribution >= 4 is 17.0 Å². The van der Waals surface area contributed by atoms with Crippen LogP contribution in [-0.2, 0) is 4.74 Å². The van der Waals surface area contributed by atoms with Crippen LogP contribution in [0.15, 0.2) is 6.20 Å². The van der Waals surface area contributed by atoms with E-state index in [0.29, 0.717) is 30.7 Å². The molecule has 0 aliphatic rings. The lowest BCUT2D eigenvalue weighted by Crippen LogP contribution is -2.10. The number of aromatic amines is 1. The van der Waals surface area contributed by atoms with Crippen LogP contribution >= 0.6 is 0 Å². The van der Waals surface area contributed by atoms with E-state index in [9.17, 15) is 0 Å². The molecule has 116 valence electrons. The second kappa shape index (κ2) is 8.41. The average Bonchev–Trinajstić information content (AvgIpc) is 2.97. The second-order valence-corrected chi connectivity index (χ2v) is 4.73. The lowest BCUT2D eigenvalue weighted by Gasteiger charge is -2.09. The molecule has 0 unspecified atom stereocenters. The van der Waals surface area contributed by atoms with Crippen molar-refractivity contribution in [1.29, 1.82) is 0 Å². The zero-order chi connectivity index (χ0) is 14.9. The Morgan fingerprint density at radius 1 is 1.14 bits per heavy atom. The first-order chi connectivity index (χ1) is 10.3. The Morgan fingerprint density at radius 3 is 2.86 bits per heavy atom. The lowest BCUT2D eigenvalue weighted by atomic mass is 10.4. The molecule has 0 fully saturated rings. The van der Waals surface area contributed by atoms with Gasteiger partial charge in [-0.05, 0) is 12.8 Å². The number of hydrogen-bond acceptors (Lipinski definition) is 6. The topological polar surface area (TPSA) is 85.0 Å². The number of aromatic nitrogens is 4. The summed E-state index contributed by atoms with van der Waals surface area (Å²) in [5.74, 6) is 1.09. The predicted octanol–water partition coefficient (Wildman–Crippen LogP) is 2.37. The van der Waals surface area contributed by atoms with Gasteiger partial charge in [-0.25, -0.2) is 0 Å². The van der Waals surface area contributed by atoms with Gasteiger partial charge in [0.25, 0.3) is 0 Å². The first kappa shape index (κ1) is 15.5. The smallest absolute Gasteiger partial charge is 0.229 e. The molecule has 0 atom stereocenters. The first-order valence-corrected chi connectivity index (χ1v) is 7.50. The van der Waals surface area contributed by atoms with Crippen LogP contribution in [-0.4, -0.2) is 46.5 Å². The summed E-state index contributed by atoms with van der Waals surface area (Å²) < 4.78 is 11.2. The number of unbranched alkanes of at least 4 members (excludes halogenated alkanes) is 1. The number of hydrogen-bond donors (Lipinski definition) is 2. The summed E-state index contributed by atoms with van der Waals surface area (Å²) in [6.45, 7) is 6.84. The van der Waals surface area contributed by atoms with Gasteiger partial charge in [0, 0.05) is 13.2 Å². The summed E-state index contributed by atoms with van der Waals surface area (Å²) in [6, 6.07) is 0. The van der Waals surface area contributed by atoms with E-state index in [-0.39, 0.29) is 0 Å². The van der Waals surface area contributed by atoms with Crippen molar-refractivity contribution in [2.45, 2.75) is 33.1 Å². The highest BCUT2D eigenvalue weighted by Crippen LogP contribution is 2.22. The number of nitrogens with zero attached hydrogens (tertiary/aromatic N) is 3. The molecule has 2 heterocycles. The summed E-state index contributed by atoms with van der Waals surface area (Å²) in [6.07, 6.45) is 4.89. The Bertz CT molecular complexity index is 543. The summed E-state index contributed by atoms with van der Waals surface area (Å²) in [5, 5.41) is 10.8. The van der Waals surface area contributed by atoms with Gasteiger partial charge in [0.2, 0.25) is 11.8 Å². The van der Waals surface area contributed by atoms with Gasteiger partial charge in [0.05, 0.1) is 12.8 Å². The van der Waals surface area contributed by atoms with Crippen molar-refractivity contribution in [3.8, 4) is 5.88 Å². The number of ether oxygens (including phenoxy) is 2. The highest BCUT2D eigenvalue weighted by molar-refractivity contribution is 5.80. The highest BCUT2D eigenvalue weighted by Gasteiger charge is 2.10. The van der Waals surface area contributed by atoms with E-state index in [1.54, 1.807) is 6.20 Å². The van der Waals surface area contributed by atoms with Crippen molar-refractivity contribution in [3.05, 3.63) is 6.20 Å². The van der Waals surface area contributed by atoms with Gasteiger partial charge >= 0.3 is 0 Å². The number of fused-ring (bicyclic) bond motifs is 1. The zero-order valence-electron chi connectivity index (χ0n) is 12.7. The van der Waals surface area contributed by atoms with Gasteiger partial charge in [-0.3, -0.25) is 5.10 Å². The molecule has 2 N–H and O–H groups in total. The van der Waals surface area contributed by atoms with Crippen LogP contribution in [0.4, 0.5) is 5.95 Å². The van der Waals surface area contributed by atoms with Gasteiger partial charge in [-0.2, -0.15) is 15.1 Å². The maximum absolute atomic E-state index is 5.70. The third-order valence-electron chi connectivity index (χ3n) is 2.92. The summed E-state index contributed by atoms with van der Waals surface area (Å²) in [7, 11) is 0. The van der Waals surface area contributed by atoms with E-state index in [1.165, 1.54) is 0 Å². The third-order valence-corrected chi connectivity index (χ3v) is 2.92. The van der Waals surface area contributed by atoms with Crippen LogP contribution in [0.2, 0.25) is 0 Å². The van der Waals surface area contributed by atoms with Gasteiger partial charge in [-0.15, -0.1) is 0 Å². The zero-order valence-corrected chi connectivity index (χ0v) is 12.7. The van der Waals surface area contributed by atoms with Crippen molar-refractivity contribution in [2.75, 3.05) is 31.7 Å². The molecule has 21 heavy (non-hydrogen) atoms. The summed E-state index contributed by atoms with van der Waals surface area (Å²) in [5.41, 5.74) is 0.672. The lowest BCUT2D eigenvalue weighted by molar-refractivity contribution is 0.0971. The molecule has 0 aromatic carbocycles. The molecule has 2 aromatic rings. The largest absolute Gasteiger partial charge is 0.475 e. The molecule has 0 saturated carbocycles. The Labute approximate surface area is 124 Å². The number of rotatable bonds is 10. The van der Waals surface area contributed by atoms with Crippen LogP contribution in [0, 0.1) is 0 Å². The Morgan fingerprint density at radius 2 is 2.05 bits per heavy atom. The van der Waals surface area contributed by atoms with Crippen LogP contribution in [0.25, 0.3) is 11.0 Å². The molecule has 0 amide bonds. The Balaban J connectivity index is 1.95. The molecule has 0 radical (unpaired) electrons. The van der Waals surface area contributed by atoms with Gasteiger partial charge in [0.1, 0.15) is 12.0 Å². The Kier molecular flexibility index (Phi) is 6.21. The molecule has 2 aromatic heterocycles. The van der Waals surface area contributed by atoms with E-state index >= 15 is 0 Å². The van der Waals surface area contributed by atoms with Crippen molar-refractivity contribution in [3.63, 3.8) is 0 Å². The van der Waals surface area contributed by atoms with E-state index < -0.39 is 0 Å². The molecule has 0 aliphatic heterocycles. The highest BCUT2D eigenvalue weighted by atomic mass is 16.5. The maximum Gasteiger partial charge on any atom is 0.229 e. The monoisotopic (exact) mass is 293 g/mol. The normalized spacial score (nSPS) is 11.0. The van der Waals surface area contributed by atoms with Crippen LogP contribution in [0.3, 0.4) is 0 Å². The minimum Gasteiger partial charge on any atom is -0.475 e. The third kappa shape index (κ3) is 4.56. The first-order valence-electron chi connectivity index (χ1n) is 7.50. The second-order valence-electron chi connectivity index (χ2n) is 4.73. The molecular weight excluding hydrogens is 270 g/mol. The Hall–Kier alpha value is -1.89. The molecule has 0 spiro atoms. The van der Waals surface area contributed by atoms with E-state index in [2.05, 4.69) is 39.3 Å². The molecule has 2 rings (SSSR count). The molecule has 0 bridgehead atoms. The minimum absolute atomic E-state index is 0.466. The quantitative estimate of drug-likeness (QED) is 0.654. The van der Waals surface area contributed by atoms with Crippen molar-refractivity contribution in [2.24, 2.45) is 0 Å². The van der Waals surface area contributed by atoms with E-state index in [4.69, 9.17) is 9.47 Å². The maximum atomic E-state index is 5.70. The van der Waals surface area contributed by atoms with E-state index in [1.807, 2.05) is 0 Å². The molecule has 0 saturated heterocycles. The van der Waals surface area contributed by atoms with Crippen LogP contribution in [0.1, 0.15) is 33.1 Å². The van der Waals surface area contributed by atoms with Gasteiger partial charge in [0.15, 0.2) is 5.65 Å².